The van der Waals surface area contributed by atoms with Crippen molar-refractivity contribution in [2.45, 2.75) is 31.7 Å². The van der Waals surface area contributed by atoms with Gasteiger partial charge < -0.3 is 4.90 Å². The molecule has 2 fully saturated rings. The minimum Gasteiger partial charge on any atom is -0.339 e. The molecule has 1 amide bonds. The maximum Gasteiger partial charge on any atom is 0.227 e. The monoisotopic (exact) mass is 410 g/mol. The van der Waals surface area contributed by atoms with Gasteiger partial charge in [0, 0.05) is 37.8 Å². The highest BCUT2D eigenvalue weighted by Crippen LogP contribution is 2.31. The molecule has 0 radical (unpaired) electrons. The lowest BCUT2D eigenvalue weighted by Gasteiger charge is -2.47. The fourth-order valence-electron chi connectivity index (χ4n) is 4.81. The molecule has 2 heterocycles. The summed E-state index contributed by atoms with van der Waals surface area (Å²) in [6, 6.07) is 14.2. The number of piperidine rings is 2. The predicted molar refractivity (Wildman–Crippen MR) is 115 cm³/mol. The number of amides is 1. The number of benzene rings is 2. The van der Waals surface area contributed by atoms with Crippen LogP contribution < -0.4 is 0 Å². The molecule has 3 nitrogen and oxygen atoms in total. The van der Waals surface area contributed by atoms with Crippen molar-refractivity contribution in [1.82, 2.24) is 9.80 Å². The maximum atomic E-state index is 14.0. The smallest absolute Gasteiger partial charge is 0.227 e. The van der Waals surface area contributed by atoms with Gasteiger partial charge >= 0.3 is 0 Å². The average molecular weight is 411 g/mol. The van der Waals surface area contributed by atoms with Crippen LogP contribution in [0.25, 0.3) is 6.08 Å². The Bertz CT molecular complexity index is 879. The molecule has 2 atom stereocenters. The number of rotatable bonds is 5. The third-order valence-corrected chi connectivity index (χ3v) is 6.34. The first-order valence-electron chi connectivity index (χ1n) is 10.8. The van der Waals surface area contributed by atoms with Gasteiger partial charge in [-0.1, -0.05) is 48.6 Å². The highest BCUT2D eigenvalue weighted by atomic mass is 19.1. The zero-order chi connectivity index (χ0) is 20.9. The highest BCUT2D eigenvalue weighted by Gasteiger charge is 2.38. The van der Waals surface area contributed by atoms with E-state index in [2.05, 4.69) is 29.2 Å². The van der Waals surface area contributed by atoms with Crippen molar-refractivity contribution in [1.29, 1.82) is 0 Å². The third-order valence-electron chi connectivity index (χ3n) is 6.34. The SMILES string of the molecule is O=C(Cc1c(F)cccc1F)N1CCC[C@@H]2CN(CC=Cc3ccccc3)CC[C@H]21. The van der Waals surface area contributed by atoms with Gasteiger partial charge in [0.05, 0.1) is 6.42 Å². The molecule has 2 aliphatic heterocycles. The van der Waals surface area contributed by atoms with Gasteiger partial charge in [-0.05, 0) is 42.9 Å². The van der Waals surface area contributed by atoms with E-state index in [1.807, 2.05) is 23.1 Å². The van der Waals surface area contributed by atoms with Gasteiger partial charge in [-0.15, -0.1) is 0 Å². The highest BCUT2D eigenvalue weighted by molar-refractivity contribution is 5.79. The van der Waals surface area contributed by atoms with Gasteiger partial charge in [-0.25, -0.2) is 8.78 Å². The summed E-state index contributed by atoms with van der Waals surface area (Å²) in [5.74, 6) is -1.02. The van der Waals surface area contributed by atoms with Crippen LogP contribution in [0, 0.1) is 17.6 Å². The lowest BCUT2D eigenvalue weighted by molar-refractivity contribution is -0.137. The fraction of sp³-hybridized carbons (Fsp3) is 0.400. The predicted octanol–water partition coefficient (Wildman–Crippen LogP) is 4.53. The Kier molecular flexibility index (Phi) is 6.58. The standard InChI is InChI=1S/C25H28F2N2O/c26-22-11-4-12-23(27)21(22)17-25(30)29-15-6-10-20-18-28(16-13-24(20)29)14-5-9-19-7-2-1-3-8-19/h1-5,7-9,11-12,20,24H,6,10,13-18H2/t20-,24-/m1/s1. The number of hydrogen-bond acceptors (Lipinski definition) is 2. The van der Waals surface area contributed by atoms with Crippen molar-refractivity contribution in [3.05, 3.63) is 77.4 Å². The van der Waals surface area contributed by atoms with Crippen molar-refractivity contribution < 1.29 is 13.6 Å². The molecule has 30 heavy (non-hydrogen) atoms. The fourth-order valence-corrected chi connectivity index (χ4v) is 4.81. The van der Waals surface area contributed by atoms with Crippen LogP contribution in [0.1, 0.15) is 30.4 Å². The summed E-state index contributed by atoms with van der Waals surface area (Å²) in [5.41, 5.74) is 1.08. The molecule has 158 valence electrons. The molecule has 0 aliphatic carbocycles. The number of halogens is 2. The van der Waals surface area contributed by atoms with Crippen LogP contribution in [0.15, 0.2) is 54.6 Å². The first kappa shape index (κ1) is 20.7. The second kappa shape index (κ2) is 9.52. The zero-order valence-corrected chi connectivity index (χ0v) is 17.1. The zero-order valence-electron chi connectivity index (χ0n) is 17.1. The lowest BCUT2D eigenvalue weighted by atomic mass is 9.83. The number of carbonyl (C=O) groups is 1. The van der Waals surface area contributed by atoms with Crippen molar-refractivity contribution in [3.8, 4) is 0 Å². The largest absolute Gasteiger partial charge is 0.339 e. The van der Waals surface area contributed by atoms with Crippen LogP contribution in [-0.4, -0.2) is 47.9 Å². The molecule has 0 aromatic heterocycles. The van der Waals surface area contributed by atoms with E-state index in [0.717, 1.165) is 38.9 Å². The van der Waals surface area contributed by atoms with Gasteiger partial charge in [-0.3, -0.25) is 9.69 Å². The summed E-state index contributed by atoms with van der Waals surface area (Å²) in [6.45, 7) is 3.47. The van der Waals surface area contributed by atoms with E-state index < -0.39 is 11.6 Å². The maximum absolute atomic E-state index is 14.0. The summed E-state index contributed by atoms with van der Waals surface area (Å²) in [5, 5.41) is 0. The van der Waals surface area contributed by atoms with Crippen LogP contribution >= 0.6 is 0 Å². The molecule has 0 N–H and O–H groups in total. The first-order valence-corrected chi connectivity index (χ1v) is 10.8. The molecule has 0 unspecified atom stereocenters. The van der Waals surface area contributed by atoms with E-state index in [4.69, 9.17) is 0 Å². The molecule has 0 saturated carbocycles. The topological polar surface area (TPSA) is 23.6 Å². The van der Waals surface area contributed by atoms with Crippen molar-refractivity contribution in [2.24, 2.45) is 5.92 Å². The summed E-state index contributed by atoms with van der Waals surface area (Å²) >= 11 is 0. The molecule has 4 rings (SSSR count). The Morgan fingerprint density at radius 3 is 2.53 bits per heavy atom. The van der Waals surface area contributed by atoms with Crippen molar-refractivity contribution in [2.75, 3.05) is 26.2 Å². The Hall–Kier alpha value is -2.53. The number of carbonyl (C=O) groups excluding carboxylic acids is 1. The van der Waals surface area contributed by atoms with Gasteiger partial charge in [0.1, 0.15) is 11.6 Å². The van der Waals surface area contributed by atoms with E-state index in [0.29, 0.717) is 12.5 Å². The van der Waals surface area contributed by atoms with Crippen LogP contribution in [0.5, 0.6) is 0 Å². The van der Waals surface area contributed by atoms with Crippen LogP contribution in [0.3, 0.4) is 0 Å². The number of likely N-dealkylation sites (tertiary alicyclic amines) is 2. The van der Waals surface area contributed by atoms with E-state index >= 15 is 0 Å². The van der Waals surface area contributed by atoms with Crippen molar-refractivity contribution in [3.63, 3.8) is 0 Å². The molecular formula is C25H28F2N2O. The summed E-state index contributed by atoms with van der Waals surface area (Å²) in [4.78, 5) is 17.2. The van der Waals surface area contributed by atoms with Gasteiger partial charge in [0.15, 0.2) is 0 Å². The Morgan fingerprint density at radius 1 is 1.00 bits per heavy atom. The molecule has 2 aromatic carbocycles. The van der Waals surface area contributed by atoms with Crippen molar-refractivity contribution >= 4 is 12.0 Å². The molecule has 2 saturated heterocycles. The number of nitrogens with zero attached hydrogens (tertiary/aromatic N) is 2. The Morgan fingerprint density at radius 2 is 1.77 bits per heavy atom. The van der Waals surface area contributed by atoms with E-state index in [1.165, 1.54) is 23.8 Å². The van der Waals surface area contributed by atoms with Gasteiger partial charge in [-0.2, -0.15) is 0 Å². The number of hydrogen-bond donors (Lipinski definition) is 0. The Labute approximate surface area is 177 Å². The second-order valence-corrected chi connectivity index (χ2v) is 8.30. The molecule has 5 heteroatoms. The quantitative estimate of drug-likeness (QED) is 0.723. The van der Waals surface area contributed by atoms with Crippen LogP contribution in [0.2, 0.25) is 0 Å². The average Bonchev–Trinajstić information content (AvgIpc) is 2.76. The summed E-state index contributed by atoms with van der Waals surface area (Å²) < 4.78 is 28.0. The Balaban J connectivity index is 1.35. The minimum atomic E-state index is -0.642. The molecular weight excluding hydrogens is 382 g/mol. The van der Waals surface area contributed by atoms with E-state index in [9.17, 15) is 13.6 Å². The molecule has 0 spiro atoms. The van der Waals surface area contributed by atoms with Crippen LogP contribution in [0.4, 0.5) is 8.78 Å². The first-order chi connectivity index (χ1) is 14.6. The normalized spacial score (nSPS) is 22.3. The number of fused-ring (bicyclic) bond motifs is 1. The van der Waals surface area contributed by atoms with E-state index in [1.54, 1.807) is 0 Å². The van der Waals surface area contributed by atoms with Crippen LogP contribution in [-0.2, 0) is 11.2 Å². The second-order valence-electron chi connectivity index (χ2n) is 8.30. The third kappa shape index (κ3) is 4.78. The lowest BCUT2D eigenvalue weighted by Crippen LogP contribution is -2.56. The summed E-state index contributed by atoms with van der Waals surface area (Å²) in [7, 11) is 0. The van der Waals surface area contributed by atoms with Gasteiger partial charge in [0.25, 0.3) is 0 Å². The minimum absolute atomic E-state index is 0.117. The molecule has 2 aliphatic rings. The molecule has 2 aromatic rings. The van der Waals surface area contributed by atoms with Gasteiger partial charge in [0.2, 0.25) is 5.91 Å². The molecule has 0 bridgehead atoms. The van der Waals surface area contributed by atoms with E-state index in [-0.39, 0.29) is 23.9 Å². The summed E-state index contributed by atoms with van der Waals surface area (Å²) in [6.07, 6.45) is 7.09.